The van der Waals surface area contributed by atoms with Crippen molar-refractivity contribution in [3.8, 4) is 11.5 Å². The number of allylic oxidation sites excluding steroid dienone is 1. The van der Waals surface area contributed by atoms with Crippen LogP contribution < -0.4 is 14.4 Å². The Morgan fingerprint density at radius 2 is 1.79 bits per heavy atom. The fourth-order valence-electron chi connectivity index (χ4n) is 3.28. The van der Waals surface area contributed by atoms with Crippen LogP contribution in [-0.2, 0) is 14.3 Å². The molecule has 1 aliphatic rings. The van der Waals surface area contributed by atoms with Gasteiger partial charge in [-0.15, -0.1) is 0 Å². The molecule has 1 aliphatic heterocycles. The lowest BCUT2D eigenvalue weighted by Crippen LogP contribution is -2.24. The molecule has 0 radical (unpaired) electrons. The van der Waals surface area contributed by atoms with Crippen LogP contribution in [0.5, 0.6) is 11.5 Å². The molecule has 0 aromatic heterocycles. The van der Waals surface area contributed by atoms with Crippen molar-refractivity contribution in [2.45, 2.75) is 13.8 Å². The highest BCUT2D eigenvalue weighted by Gasteiger charge is 2.38. The highest BCUT2D eigenvalue weighted by Crippen LogP contribution is 2.37. The van der Waals surface area contributed by atoms with Crippen LogP contribution in [0.15, 0.2) is 65.4 Å². The van der Waals surface area contributed by atoms with Crippen molar-refractivity contribution in [2.75, 3.05) is 25.7 Å². The Kier molecular flexibility index (Phi) is 6.02. The van der Waals surface area contributed by atoms with Gasteiger partial charge in [0, 0.05) is 16.9 Å². The Hall–Kier alpha value is -3.54. The first kappa shape index (κ1) is 20.2. The number of carbonyl (C=O) groups is 2. The second-order valence-corrected chi connectivity index (χ2v) is 6.32. The molecule has 0 saturated heterocycles. The summed E-state index contributed by atoms with van der Waals surface area (Å²) in [7, 11) is 3.11. The molecule has 0 fully saturated rings. The molecule has 3 rings (SSSR count). The maximum atomic E-state index is 13.3. The molecule has 0 aliphatic carbocycles. The molecule has 0 spiro atoms. The number of anilines is 1. The average Bonchev–Trinajstić information content (AvgIpc) is 2.98. The molecular weight excluding hydrogens is 370 g/mol. The van der Waals surface area contributed by atoms with Gasteiger partial charge in [-0.3, -0.25) is 9.69 Å². The zero-order valence-electron chi connectivity index (χ0n) is 16.9. The third-order valence-electron chi connectivity index (χ3n) is 4.63. The summed E-state index contributed by atoms with van der Waals surface area (Å²) in [6.45, 7) is 3.68. The number of carbonyl (C=O) groups excluding carboxylic acids is 2. The molecule has 1 heterocycles. The molecule has 6 heteroatoms. The minimum absolute atomic E-state index is 0.213. The molecule has 0 N–H and O–H groups in total. The molecule has 2 aromatic rings. The molecule has 0 unspecified atom stereocenters. The van der Waals surface area contributed by atoms with Crippen LogP contribution >= 0.6 is 0 Å². The van der Waals surface area contributed by atoms with Gasteiger partial charge in [-0.05, 0) is 50.3 Å². The largest absolute Gasteiger partial charge is 0.497 e. The normalized spacial score (nSPS) is 15.1. The first-order valence-electron chi connectivity index (χ1n) is 9.23. The summed E-state index contributed by atoms with van der Waals surface area (Å²) in [6.07, 6.45) is 1.64. The van der Waals surface area contributed by atoms with Crippen molar-refractivity contribution in [2.24, 2.45) is 0 Å². The van der Waals surface area contributed by atoms with Gasteiger partial charge >= 0.3 is 5.97 Å². The predicted molar refractivity (Wildman–Crippen MR) is 111 cm³/mol. The molecule has 6 nitrogen and oxygen atoms in total. The zero-order chi connectivity index (χ0) is 21.0. The number of para-hydroxylation sites is 1. The van der Waals surface area contributed by atoms with Gasteiger partial charge in [-0.2, -0.15) is 0 Å². The highest BCUT2D eigenvalue weighted by atomic mass is 16.5. The van der Waals surface area contributed by atoms with Crippen molar-refractivity contribution in [1.29, 1.82) is 0 Å². The van der Waals surface area contributed by atoms with Crippen LogP contribution in [0.3, 0.4) is 0 Å². The second-order valence-electron chi connectivity index (χ2n) is 6.32. The quantitative estimate of drug-likeness (QED) is 0.549. The Bertz CT molecular complexity index is 992. The molecule has 0 saturated carbocycles. The number of ether oxygens (including phenoxy) is 3. The summed E-state index contributed by atoms with van der Waals surface area (Å²) in [6, 6.07) is 14.5. The predicted octanol–water partition coefficient (Wildman–Crippen LogP) is 3.97. The molecule has 2 aromatic carbocycles. The molecular formula is C23H23NO5. The van der Waals surface area contributed by atoms with Crippen molar-refractivity contribution >= 4 is 23.6 Å². The minimum Gasteiger partial charge on any atom is -0.497 e. The van der Waals surface area contributed by atoms with Gasteiger partial charge in [-0.1, -0.05) is 18.2 Å². The third-order valence-corrected chi connectivity index (χ3v) is 4.63. The summed E-state index contributed by atoms with van der Waals surface area (Å²) >= 11 is 0. The number of rotatable bonds is 6. The van der Waals surface area contributed by atoms with Crippen LogP contribution in [0.25, 0.3) is 6.08 Å². The van der Waals surface area contributed by atoms with Crippen molar-refractivity contribution in [3.63, 3.8) is 0 Å². The van der Waals surface area contributed by atoms with Crippen LogP contribution in [0.1, 0.15) is 19.4 Å². The SMILES string of the molecule is CCOC(=O)C1=C(C)N(c2ccccc2)C(=O)/C1=C/c1cc(OC)ccc1OC. The van der Waals surface area contributed by atoms with E-state index in [1.165, 1.54) is 4.90 Å². The van der Waals surface area contributed by atoms with Crippen molar-refractivity contribution < 1.29 is 23.8 Å². The summed E-state index contributed by atoms with van der Waals surface area (Å²) in [5, 5.41) is 0. The number of hydrogen-bond donors (Lipinski definition) is 0. The van der Waals surface area contributed by atoms with E-state index in [-0.39, 0.29) is 23.7 Å². The fraction of sp³-hybridized carbons (Fsp3) is 0.217. The second kappa shape index (κ2) is 8.65. The Morgan fingerprint density at radius 1 is 1.07 bits per heavy atom. The van der Waals surface area contributed by atoms with Gasteiger partial charge in [0.05, 0.1) is 32.0 Å². The van der Waals surface area contributed by atoms with Gasteiger partial charge in [-0.25, -0.2) is 4.79 Å². The van der Waals surface area contributed by atoms with E-state index in [0.717, 1.165) is 0 Å². The van der Waals surface area contributed by atoms with Gasteiger partial charge < -0.3 is 14.2 Å². The van der Waals surface area contributed by atoms with Gasteiger partial charge in [0.1, 0.15) is 11.5 Å². The first-order valence-corrected chi connectivity index (χ1v) is 9.23. The number of methoxy groups -OCH3 is 2. The lowest BCUT2D eigenvalue weighted by atomic mass is 10.0. The van der Waals surface area contributed by atoms with Gasteiger partial charge in [0.25, 0.3) is 5.91 Å². The van der Waals surface area contributed by atoms with Crippen LogP contribution in [-0.4, -0.2) is 32.7 Å². The topological polar surface area (TPSA) is 65.1 Å². The summed E-state index contributed by atoms with van der Waals surface area (Å²) in [5.74, 6) is 0.332. The number of amides is 1. The van der Waals surface area contributed by atoms with Crippen LogP contribution in [0, 0.1) is 0 Å². The lowest BCUT2D eigenvalue weighted by molar-refractivity contribution is -0.138. The van der Waals surface area contributed by atoms with Crippen molar-refractivity contribution in [3.05, 3.63) is 70.9 Å². The van der Waals surface area contributed by atoms with E-state index in [1.54, 1.807) is 52.3 Å². The molecule has 1 amide bonds. The van der Waals surface area contributed by atoms with Gasteiger partial charge in [0.2, 0.25) is 0 Å². The first-order chi connectivity index (χ1) is 14.0. The monoisotopic (exact) mass is 393 g/mol. The standard InChI is InChI=1S/C23H23NO5/c1-5-29-23(26)21-15(2)24(17-9-7-6-8-10-17)22(25)19(21)14-16-13-18(27-3)11-12-20(16)28-4/h6-14H,5H2,1-4H3/b19-14+. The molecule has 0 atom stereocenters. The third kappa shape index (κ3) is 3.87. The Labute approximate surface area is 170 Å². The fourth-order valence-corrected chi connectivity index (χ4v) is 3.28. The van der Waals surface area contributed by atoms with E-state index in [0.29, 0.717) is 28.4 Å². The van der Waals surface area contributed by atoms with Gasteiger partial charge in [0.15, 0.2) is 0 Å². The summed E-state index contributed by atoms with van der Waals surface area (Å²) < 4.78 is 15.9. The summed E-state index contributed by atoms with van der Waals surface area (Å²) in [4.78, 5) is 27.5. The number of nitrogens with zero attached hydrogens (tertiary/aromatic N) is 1. The maximum Gasteiger partial charge on any atom is 0.340 e. The van der Waals surface area contributed by atoms with E-state index < -0.39 is 5.97 Å². The number of hydrogen-bond acceptors (Lipinski definition) is 5. The number of benzene rings is 2. The highest BCUT2D eigenvalue weighted by molar-refractivity contribution is 6.23. The van der Waals surface area contributed by atoms with E-state index >= 15 is 0 Å². The molecule has 29 heavy (non-hydrogen) atoms. The Balaban J connectivity index is 2.17. The van der Waals surface area contributed by atoms with Crippen LogP contribution in [0.2, 0.25) is 0 Å². The van der Waals surface area contributed by atoms with Crippen molar-refractivity contribution in [1.82, 2.24) is 0 Å². The number of esters is 1. The molecule has 150 valence electrons. The lowest BCUT2D eigenvalue weighted by Gasteiger charge is -2.17. The molecule has 0 bridgehead atoms. The average molecular weight is 393 g/mol. The van der Waals surface area contributed by atoms with E-state index in [9.17, 15) is 9.59 Å². The summed E-state index contributed by atoms with van der Waals surface area (Å²) in [5.41, 5.74) is 2.31. The zero-order valence-corrected chi connectivity index (χ0v) is 16.9. The van der Waals surface area contributed by atoms with E-state index in [4.69, 9.17) is 14.2 Å². The van der Waals surface area contributed by atoms with E-state index in [1.807, 2.05) is 30.3 Å². The minimum atomic E-state index is -0.537. The maximum absolute atomic E-state index is 13.3. The van der Waals surface area contributed by atoms with E-state index in [2.05, 4.69) is 0 Å². The smallest absolute Gasteiger partial charge is 0.340 e. The van der Waals surface area contributed by atoms with Crippen LogP contribution in [0.4, 0.5) is 5.69 Å². The Morgan fingerprint density at radius 3 is 2.41 bits per heavy atom.